The van der Waals surface area contributed by atoms with Crippen LogP contribution in [0.1, 0.15) is 38.0 Å². The summed E-state index contributed by atoms with van der Waals surface area (Å²) in [6.45, 7) is 2.74. The van der Waals surface area contributed by atoms with E-state index in [-0.39, 0.29) is 11.9 Å². The maximum atomic E-state index is 13.3. The molecule has 0 saturated carbocycles. The average molecular weight is 402 g/mol. The van der Waals surface area contributed by atoms with Gasteiger partial charge in [0.25, 0.3) is 5.91 Å². The van der Waals surface area contributed by atoms with Gasteiger partial charge in [0.2, 0.25) is 0 Å². The highest BCUT2D eigenvalue weighted by Crippen LogP contribution is 2.39. The van der Waals surface area contributed by atoms with E-state index in [0.717, 1.165) is 12.0 Å². The number of hydrogen-bond donors (Lipinski definition) is 0. The van der Waals surface area contributed by atoms with Gasteiger partial charge in [-0.05, 0) is 54.1 Å². The molecule has 5 heteroatoms. The van der Waals surface area contributed by atoms with Gasteiger partial charge in [0.15, 0.2) is 0 Å². The highest BCUT2D eigenvalue weighted by atomic mass is 35.5. The molecule has 0 fully saturated rings. The van der Waals surface area contributed by atoms with Crippen molar-refractivity contribution in [3.05, 3.63) is 91.1 Å². The van der Waals surface area contributed by atoms with Crippen LogP contribution in [-0.2, 0) is 6.42 Å². The number of carbonyl (C=O) groups is 1. The first-order valence-corrected chi connectivity index (χ1v) is 10.1. The number of benzene rings is 2. The van der Waals surface area contributed by atoms with E-state index in [4.69, 9.17) is 23.2 Å². The Labute approximate surface area is 167 Å². The molecule has 1 aromatic heterocycles. The highest BCUT2D eigenvalue weighted by Gasteiger charge is 2.33. The van der Waals surface area contributed by atoms with E-state index in [9.17, 15) is 4.79 Å². The molecule has 0 saturated heterocycles. The third kappa shape index (κ3) is 3.16. The van der Waals surface area contributed by atoms with Crippen molar-refractivity contribution in [2.75, 3.05) is 6.54 Å². The molecule has 0 N–H and O–H groups in total. The fraction of sp³-hybridized carbons (Fsp3) is 0.190. The van der Waals surface area contributed by atoms with E-state index in [1.165, 1.54) is 16.0 Å². The molecule has 3 aromatic rings. The Morgan fingerprint density at radius 2 is 1.88 bits per heavy atom. The van der Waals surface area contributed by atoms with Crippen molar-refractivity contribution in [1.82, 2.24) is 4.90 Å². The third-order valence-corrected chi connectivity index (χ3v) is 6.33. The van der Waals surface area contributed by atoms with Crippen LogP contribution in [0.25, 0.3) is 0 Å². The number of carbonyl (C=O) groups excluding carboxylic acids is 1. The normalized spacial score (nSPS) is 16.4. The summed E-state index contributed by atoms with van der Waals surface area (Å²) in [5.74, 6) is -0.0610. The van der Waals surface area contributed by atoms with Crippen LogP contribution in [0.5, 0.6) is 0 Å². The van der Waals surface area contributed by atoms with Crippen LogP contribution in [0.2, 0.25) is 10.0 Å². The zero-order chi connectivity index (χ0) is 18.3. The summed E-state index contributed by atoms with van der Waals surface area (Å²) in [6.07, 6.45) is 0.867. The quantitative estimate of drug-likeness (QED) is 0.503. The number of hydrogen-bond acceptors (Lipinski definition) is 2. The Bertz CT molecular complexity index is 964. The smallest absolute Gasteiger partial charge is 0.256 e. The Hall–Kier alpha value is -1.81. The van der Waals surface area contributed by atoms with Gasteiger partial charge in [0.05, 0.1) is 16.6 Å². The molecule has 132 valence electrons. The predicted octanol–water partition coefficient (Wildman–Crippen LogP) is 6.15. The molecule has 1 atom stereocenters. The third-order valence-electron chi connectivity index (χ3n) is 4.78. The largest absolute Gasteiger partial charge is 0.327 e. The summed E-state index contributed by atoms with van der Waals surface area (Å²) in [6, 6.07) is 15.5. The van der Waals surface area contributed by atoms with Crippen molar-refractivity contribution < 1.29 is 4.79 Å². The molecule has 0 bridgehead atoms. The molecule has 1 aliphatic heterocycles. The van der Waals surface area contributed by atoms with Gasteiger partial charge in [-0.25, -0.2) is 0 Å². The number of aryl methyl sites for hydroxylation is 1. The van der Waals surface area contributed by atoms with E-state index >= 15 is 0 Å². The fourth-order valence-corrected chi connectivity index (χ4v) is 4.85. The minimum Gasteiger partial charge on any atom is -0.327 e. The first-order valence-electron chi connectivity index (χ1n) is 8.43. The predicted molar refractivity (Wildman–Crippen MR) is 109 cm³/mol. The van der Waals surface area contributed by atoms with Crippen molar-refractivity contribution in [1.29, 1.82) is 0 Å². The zero-order valence-electron chi connectivity index (χ0n) is 14.2. The Morgan fingerprint density at radius 1 is 1.12 bits per heavy atom. The molecule has 2 nitrogen and oxygen atoms in total. The lowest BCUT2D eigenvalue weighted by Gasteiger charge is -2.36. The van der Waals surface area contributed by atoms with E-state index in [0.29, 0.717) is 22.2 Å². The van der Waals surface area contributed by atoms with Gasteiger partial charge >= 0.3 is 0 Å². The molecule has 2 heterocycles. The number of nitrogens with zero attached hydrogens (tertiary/aromatic N) is 1. The molecule has 1 aliphatic rings. The van der Waals surface area contributed by atoms with Crippen LogP contribution < -0.4 is 0 Å². The Morgan fingerprint density at radius 3 is 2.62 bits per heavy atom. The molecule has 1 amide bonds. The first kappa shape index (κ1) is 17.6. The minimum absolute atomic E-state index is 0.0610. The second-order valence-electron chi connectivity index (χ2n) is 6.49. The van der Waals surface area contributed by atoms with Gasteiger partial charge < -0.3 is 4.90 Å². The van der Waals surface area contributed by atoms with Crippen LogP contribution >= 0.6 is 34.5 Å². The first-order chi connectivity index (χ1) is 12.5. The van der Waals surface area contributed by atoms with Gasteiger partial charge in [-0.2, -0.15) is 0 Å². The van der Waals surface area contributed by atoms with Crippen LogP contribution in [0.3, 0.4) is 0 Å². The van der Waals surface area contributed by atoms with Crippen molar-refractivity contribution >= 4 is 40.4 Å². The Kier molecular flexibility index (Phi) is 4.78. The molecular formula is C21H17Cl2NOS. The standard InChI is InChI=1S/C21H17Cl2NOS/c1-13-2-4-14(5-3-13)20-17-9-11-26-19(17)8-10-24(20)21(25)16-7-6-15(22)12-18(16)23/h2-7,9,11-12,20H,8,10H2,1H3/t20-/m1/s1. The second kappa shape index (κ2) is 7.07. The summed E-state index contributed by atoms with van der Waals surface area (Å²) >= 11 is 14.1. The van der Waals surface area contributed by atoms with Crippen molar-refractivity contribution in [3.63, 3.8) is 0 Å². The van der Waals surface area contributed by atoms with Gasteiger partial charge in [-0.1, -0.05) is 53.0 Å². The zero-order valence-corrected chi connectivity index (χ0v) is 16.5. The Balaban J connectivity index is 1.78. The summed E-state index contributed by atoms with van der Waals surface area (Å²) in [5, 5.41) is 3.02. The van der Waals surface area contributed by atoms with Crippen LogP contribution in [-0.4, -0.2) is 17.4 Å². The number of rotatable bonds is 2. The van der Waals surface area contributed by atoms with Crippen LogP contribution in [0, 0.1) is 6.92 Å². The molecule has 4 rings (SSSR count). The molecule has 0 aliphatic carbocycles. The number of halogens is 2. The SMILES string of the molecule is Cc1ccc([C@@H]2c3ccsc3CCN2C(=O)c2ccc(Cl)cc2Cl)cc1. The molecule has 2 aromatic carbocycles. The van der Waals surface area contributed by atoms with Gasteiger partial charge in [-0.15, -0.1) is 11.3 Å². The van der Waals surface area contributed by atoms with Gasteiger partial charge in [0.1, 0.15) is 0 Å². The monoisotopic (exact) mass is 401 g/mol. The molecule has 26 heavy (non-hydrogen) atoms. The summed E-state index contributed by atoms with van der Waals surface area (Å²) in [5.41, 5.74) is 4.03. The molecular weight excluding hydrogens is 385 g/mol. The van der Waals surface area contributed by atoms with Crippen molar-refractivity contribution in [2.24, 2.45) is 0 Å². The van der Waals surface area contributed by atoms with E-state index < -0.39 is 0 Å². The fourth-order valence-electron chi connectivity index (χ4n) is 3.46. The molecule has 0 radical (unpaired) electrons. The number of amides is 1. The van der Waals surface area contributed by atoms with E-state index in [2.05, 4.69) is 42.6 Å². The van der Waals surface area contributed by atoms with Crippen LogP contribution in [0.4, 0.5) is 0 Å². The summed E-state index contributed by atoms with van der Waals surface area (Å²) in [7, 11) is 0. The number of fused-ring (bicyclic) bond motifs is 1. The van der Waals surface area contributed by atoms with Crippen molar-refractivity contribution in [2.45, 2.75) is 19.4 Å². The highest BCUT2D eigenvalue weighted by molar-refractivity contribution is 7.10. The van der Waals surface area contributed by atoms with Crippen LogP contribution in [0.15, 0.2) is 53.9 Å². The lowest BCUT2D eigenvalue weighted by molar-refractivity contribution is 0.0696. The second-order valence-corrected chi connectivity index (χ2v) is 8.33. The average Bonchev–Trinajstić information content (AvgIpc) is 3.10. The summed E-state index contributed by atoms with van der Waals surface area (Å²) < 4.78 is 0. The lowest BCUT2D eigenvalue weighted by Crippen LogP contribution is -2.40. The van der Waals surface area contributed by atoms with E-state index in [1.807, 2.05) is 4.90 Å². The maximum absolute atomic E-state index is 13.3. The van der Waals surface area contributed by atoms with Gasteiger partial charge in [-0.3, -0.25) is 4.79 Å². The molecule has 0 spiro atoms. The molecule has 0 unspecified atom stereocenters. The summed E-state index contributed by atoms with van der Waals surface area (Å²) in [4.78, 5) is 16.6. The lowest BCUT2D eigenvalue weighted by atomic mass is 9.92. The van der Waals surface area contributed by atoms with Gasteiger partial charge in [0, 0.05) is 16.4 Å². The van der Waals surface area contributed by atoms with Crippen molar-refractivity contribution in [3.8, 4) is 0 Å². The minimum atomic E-state index is -0.0927. The topological polar surface area (TPSA) is 20.3 Å². The van der Waals surface area contributed by atoms with E-state index in [1.54, 1.807) is 29.5 Å². The number of thiophene rings is 1. The maximum Gasteiger partial charge on any atom is 0.256 e.